The lowest BCUT2D eigenvalue weighted by atomic mass is 9.86. The Morgan fingerprint density at radius 3 is 2.26 bits per heavy atom. The molecule has 7 heteroatoms. The van der Waals surface area contributed by atoms with E-state index >= 15 is 0 Å². The second-order valence-corrected chi connectivity index (χ2v) is 9.09. The van der Waals surface area contributed by atoms with E-state index in [4.69, 9.17) is 5.11 Å². The Balaban J connectivity index is 1.50. The van der Waals surface area contributed by atoms with Crippen LogP contribution in [0.2, 0.25) is 0 Å². The maximum absolute atomic E-state index is 12.5. The minimum atomic E-state index is -1.03. The maximum Gasteiger partial charge on any atom is 0.306 e. The smallest absolute Gasteiger partial charge is 0.306 e. The number of amides is 1. The van der Waals surface area contributed by atoms with Gasteiger partial charge in [-0.1, -0.05) is 0 Å². The number of nitrogens with one attached hydrogen (secondary N) is 2. The van der Waals surface area contributed by atoms with Crippen molar-refractivity contribution in [2.24, 2.45) is 11.8 Å². The summed E-state index contributed by atoms with van der Waals surface area (Å²) in [5.41, 5.74) is 0.554. The summed E-state index contributed by atoms with van der Waals surface area (Å²) in [5, 5.41) is 15.4. The van der Waals surface area contributed by atoms with Crippen molar-refractivity contribution in [1.29, 1.82) is 0 Å². The van der Waals surface area contributed by atoms with Crippen LogP contribution < -0.4 is 10.6 Å². The van der Waals surface area contributed by atoms with Gasteiger partial charge in [-0.15, -0.1) is 0 Å². The predicted molar refractivity (Wildman–Crippen MR) is 104 cm³/mol. The van der Waals surface area contributed by atoms with Crippen molar-refractivity contribution < 1.29 is 18.9 Å². The van der Waals surface area contributed by atoms with Crippen molar-refractivity contribution in [2.75, 3.05) is 18.8 Å². The standard InChI is InChI=1S/C20H28N2O4S/c23-19(22-17-5-1-16(2-6-17)20(24)25)15-3-7-18(8-4-15)27(26)13-14-9-11-21-12-10-14/h3-4,7-8,14,16-17,21H,1-2,5-6,9-13H2,(H,22,23)(H,24,25). The Morgan fingerprint density at radius 1 is 1.04 bits per heavy atom. The zero-order valence-corrected chi connectivity index (χ0v) is 16.3. The van der Waals surface area contributed by atoms with Gasteiger partial charge in [0.15, 0.2) is 0 Å². The van der Waals surface area contributed by atoms with Crippen LogP contribution in [0.4, 0.5) is 0 Å². The third kappa shape index (κ3) is 5.62. The topological polar surface area (TPSA) is 95.5 Å². The number of carboxylic acids is 1. The fourth-order valence-corrected chi connectivity index (χ4v) is 5.26. The van der Waals surface area contributed by atoms with Gasteiger partial charge >= 0.3 is 5.97 Å². The van der Waals surface area contributed by atoms with E-state index in [1.165, 1.54) is 0 Å². The van der Waals surface area contributed by atoms with Crippen molar-refractivity contribution in [1.82, 2.24) is 10.6 Å². The number of aliphatic carboxylic acids is 1. The molecule has 1 atom stereocenters. The minimum absolute atomic E-state index is 0.0295. The van der Waals surface area contributed by atoms with Crippen LogP contribution in [0.3, 0.4) is 0 Å². The Labute approximate surface area is 162 Å². The van der Waals surface area contributed by atoms with Crippen LogP contribution in [-0.4, -0.2) is 46.1 Å². The van der Waals surface area contributed by atoms with Gasteiger partial charge in [0.25, 0.3) is 5.91 Å². The van der Waals surface area contributed by atoms with Gasteiger partial charge in [0.1, 0.15) is 0 Å². The summed E-state index contributed by atoms with van der Waals surface area (Å²) in [4.78, 5) is 24.2. The first-order valence-electron chi connectivity index (χ1n) is 9.75. The second kappa shape index (κ2) is 9.46. The quantitative estimate of drug-likeness (QED) is 0.690. The summed E-state index contributed by atoms with van der Waals surface area (Å²) in [5.74, 6) is 0.000658. The van der Waals surface area contributed by atoms with Crippen molar-refractivity contribution in [2.45, 2.75) is 49.5 Å². The van der Waals surface area contributed by atoms with Gasteiger partial charge < -0.3 is 15.7 Å². The van der Waals surface area contributed by atoms with Crippen LogP contribution in [0.5, 0.6) is 0 Å². The molecular formula is C20H28N2O4S. The average molecular weight is 393 g/mol. The van der Waals surface area contributed by atoms with Crippen molar-refractivity contribution >= 4 is 22.7 Å². The minimum Gasteiger partial charge on any atom is -0.481 e. The molecule has 3 rings (SSSR count). The zero-order valence-electron chi connectivity index (χ0n) is 15.5. The molecule has 1 aliphatic heterocycles. The number of rotatable bonds is 6. The van der Waals surface area contributed by atoms with Gasteiger partial charge in [-0.3, -0.25) is 13.8 Å². The van der Waals surface area contributed by atoms with Crippen LogP contribution in [0.25, 0.3) is 0 Å². The van der Waals surface area contributed by atoms with Gasteiger partial charge in [0, 0.05) is 22.3 Å². The first-order valence-corrected chi connectivity index (χ1v) is 11.1. The zero-order chi connectivity index (χ0) is 19.2. The lowest BCUT2D eigenvalue weighted by Crippen LogP contribution is -2.38. The monoisotopic (exact) mass is 392 g/mol. The molecule has 1 heterocycles. The summed E-state index contributed by atoms with van der Waals surface area (Å²) in [6.07, 6.45) is 4.73. The Bertz CT molecular complexity index is 678. The van der Waals surface area contributed by atoms with E-state index in [0.717, 1.165) is 30.8 Å². The molecular weight excluding hydrogens is 364 g/mol. The first kappa shape index (κ1) is 20.0. The van der Waals surface area contributed by atoms with Crippen LogP contribution in [0.15, 0.2) is 29.2 Å². The summed E-state index contributed by atoms with van der Waals surface area (Å²) < 4.78 is 12.5. The Morgan fingerprint density at radius 2 is 1.67 bits per heavy atom. The highest BCUT2D eigenvalue weighted by Gasteiger charge is 2.27. The molecule has 3 N–H and O–H groups in total. The van der Waals surface area contributed by atoms with E-state index in [2.05, 4.69) is 10.6 Å². The van der Waals surface area contributed by atoms with Gasteiger partial charge in [0.05, 0.1) is 16.7 Å². The Kier molecular flexibility index (Phi) is 7.01. The van der Waals surface area contributed by atoms with E-state index in [0.29, 0.717) is 42.9 Å². The van der Waals surface area contributed by atoms with E-state index in [-0.39, 0.29) is 17.9 Å². The lowest BCUT2D eigenvalue weighted by molar-refractivity contribution is -0.142. The molecule has 0 aromatic heterocycles. The summed E-state index contributed by atoms with van der Waals surface area (Å²) in [6, 6.07) is 7.06. The molecule has 1 unspecified atom stereocenters. The number of benzene rings is 1. The third-order valence-corrected chi connectivity index (χ3v) is 7.21. The number of hydrogen-bond acceptors (Lipinski definition) is 4. The molecule has 1 saturated heterocycles. The molecule has 2 fully saturated rings. The van der Waals surface area contributed by atoms with Crippen molar-refractivity contribution in [3.05, 3.63) is 29.8 Å². The molecule has 0 bridgehead atoms. The first-order chi connectivity index (χ1) is 13.0. The van der Waals surface area contributed by atoms with Crippen molar-refractivity contribution in [3.63, 3.8) is 0 Å². The predicted octanol–water partition coefficient (Wildman–Crippen LogP) is 2.17. The van der Waals surface area contributed by atoms with Crippen molar-refractivity contribution in [3.8, 4) is 0 Å². The molecule has 1 saturated carbocycles. The van der Waals surface area contributed by atoms with Gasteiger partial charge in [-0.25, -0.2) is 0 Å². The molecule has 1 aliphatic carbocycles. The fourth-order valence-electron chi connectivity index (χ4n) is 3.87. The summed E-state index contributed by atoms with van der Waals surface area (Å²) in [7, 11) is -1.03. The molecule has 27 heavy (non-hydrogen) atoms. The highest BCUT2D eigenvalue weighted by atomic mass is 32.2. The normalized spacial score (nSPS) is 24.9. The van der Waals surface area contributed by atoms with Crippen LogP contribution >= 0.6 is 0 Å². The second-order valence-electron chi connectivity index (χ2n) is 7.59. The van der Waals surface area contributed by atoms with Gasteiger partial charge in [-0.2, -0.15) is 0 Å². The molecule has 1 aromatic rings. The molecule has 0 radical (unpaired) electrons. The number of carbonyl (C=O) groups is 2. The maximum atomic E-state index is 12.5. The van der Waals surface area contributed by atoms with Crippen LogP contribution in [-0.2, 0) is 15.6 Å². The van der Waals surface area contributed by atoms with E-state index in [1.54, 1.807) is 24.3 Å². The molecule has 1 amide bonds. The summed E-state index contributed by atoms with van der Waals surface area (Å²) in [6.45, 7) is 1.99. The van der Waals surface area contributed by atoms with Gasteiger partial charge in [-0.05, 0) is 81.8 Å². The third-order valence-electron chi connectivity index (χ3n) is 5.64. The van der Waals surface area contributed by atoms with E-state index in [9.17, 15) is 13.8 Å². The van der Waals surface area contributed by atoms with Gasteiger partial charge in [0.2, 0.25) is 0 Å². The highest BCUT2D eigenvalue weighted by molar-refractivity contribution is 7.85. The summed E-state index contributed by atoms with van der Waals surface area (Å²) >= 11 is 0. The lowest BCUT2D eigenvalue weighted by Gasteiger charge is -2.26. The largest absolute Gasteiger partial charge is 0.481 e. The van der Waals surface area contributed by atoms with E-state index in [1.807, 2.05) is 0 Å². The highest BCUT2D eigenvalue weighted by Crippen LogP contribution is 2.25. The molecule has 2 aliphatic rings. The molecule has 1 aromatic carbocycles. The fraction of sp³-hybridized carbons (Fsp3) is 0.600. The van der Waals surface area contributed by atoms with Crippen LogP contribution in [0, 0.1) is 11.8 Å². The van der Waals surface area contributed by atoms with Crippen LogP contribution in [0.1, 0.15) is 48.9 Å². The van der Waals surface area contributed by atoms with E-state index < -0.39 is 16.8 Å². The number of piperidine rings is 1. The average Bonchev–Trinajstić information content (AvgIpc) is 2.69. The number of hydrogen-bond donors (Lipinski definition) is 3. The number of carboxylic acid groups (broad SMARTS) is 1. The Hall–Kier alpha value is -1.73. The number of carbonyl (C=O) groups excluding carboxylic acids is 1. The SMILES string of the molecule is O=C(NC1CCC(C(=O)O)CC1)c1ccc(S(=O)CC2CCNCC2)cc1. The molecule has 0 spiro atoms. The molecule has 6 nitrogen and oxygen atoms in total. The molecule has 148 valence electrons.